The van der Waals surface area contributed by atoms with Gasteiger partial charge in [0.05, 0.1) is 16.6 Å². The van der Waals surface area contributed by atoms with Crippen LogP contribution in [0.3, 0.4) is 0 Å². The van der Waals surface area contributed by atoms with Crippen LogP contribution < -0.4 is 0 Å². The summed E-state index contributed by atoms with van der Waals surface area (Å²) in [6, 6.07) is 9.03. The lowest BCUT2D eigenvalue weighted by atomic mass is 9.66. The van der Waals surface area contributed by atoms with Crippen molar-refractivity contribution < 1.29 is 24.6 Å². The number of fused-ring (bicyclic) bond motifs is 1. The molecule has 3 aliphatic heterocycles. The molecule has 4 rings (SSSR count). The maximum Gasteiger partial charge on any atom is 0.308 e. The number of likely N-dealkylation sites (tertiary alicyclic amines) is 1. The van der Waals surface area contributed by atoms with Gasteiger partial charge in [0.15, 0.2) is 0 Å². The van der Waals surface area contributed by atoms with E-state index >= 15 is 0 Å². The summed E-state index contributed by atoms with van der Waals surface area (Å²) in [6.45, 7) is 7.13. The number of hydrogen-bond acceptors (Lipinski definition) is 5. The van der Waals surface area contributed by atoms with Crippen molar-refractivity contribution in [3.63, 3.8) is 0 Å². The minimum absolute atomic E-state index is 0.0609. The van der Waals surface area contributed by atoms with E-state index in [0.29, 0.717) is 38.9 Å². The highest BCUT2D eigenvalue weighted by Gasteiger charge is 2.76. The zero-order chi connectivity index (χ0) is 24.5. The van der Waals surface area contributed by atoms with Gasteiger partial charge in [-0.15, -0.1) is 18.3 Å². The summed E-state index contributed by atoms with van der Waals surface area (Å²) in [6.07, 6.45) is 4.44. The molecule has 8 heteroatoms. The van der Waals surface area contributed by atoms with Crippen LogP contribution in [-0.2, 0) is 20.9 Å². The summed E-state index contributed by atoms with van der Waals surface area (Å²) in [5.41, 5.74) is 0.991. The molecule has 1 spiro atoms. The highest BCUT2D eigenvalue weighted by atomic mass is 32.2. The molecule has 3 aliphatic rings. The number of carboxylic acids is 1. The second kappa shape index (κ2) is 10.1. The van der Waals surface area contributed by atoms with Crippen LogP contribution in [0.15, 0.2) is 43.0 Å². The van der Waals surface area contributed by atoms with Gasteiger partial charge >= 0.3 is 5.97 Å². The number of carboxylic acid groups (broad SMARTS) is 1. The van der Waals surface area contributed by atoms with Crippen molar-refractivity contribution in [1.82, 2.24) is 9.80 Å². The Kier molecular flexibility index (Phi) is 7.38. The number of amides is 2. The fourth-order valence-electron chi connectivity index (χ4n) is 6.26. The van der Waals surface area contributed by atoms with Gasteiger partial charge in [0.25, 0.3) is 0 Å². The normalized spacial score (nSPS) is 31.5. The monoisotopic (exact) mass is 486 g/mol. The predicted molar refractivity (Wildman–Crippen MR) is 131 cm³/mol. The van der Waals surface area contributed by atoms with Gasteiger partial charge in [0.2, 0.25) is 11.8 Å². The van der Waals surface area contributed by atoms with Crippen molar-refractivity contribution in [3.8, 4) is 0 Å². The fraction of sp³-hybridized carbons (Fsp3) is 0.577. The average Bonchev–Trinajstić information content (AvgIpc) is 3.40. The topological polar surface area (TPSA) is 98.2 Å². The molecule has 0 aliphatic carbocycles. The molecular weight excluding hydrogens is 452 g/mol. The van der Waals surface area contributed by atoms with Gasteiger partial charge in [-0.05, 0) is 37.2 Å². The summed E-state index contributed by atoms with van der Waals surface area (Å²) in [7, 11) is 0. The third kappa shape index (κ3) is 4.05. The van der Waals surface area contributed by atoms with Crippen molar-refractivity contribution in [2.24, 2.45) is 17.8 Å². The first-order chi connectivity index (χ1) is 16.4. The van der Waals surface area contributed by atoms with E-state index in [0.717, 1.165) is 12.0 Å². The smallest absolute Gasteiger partial charge is 0.308 e. The van der Waals surface area contributed by atoms with Gasteiger partial charge < -0.3 is 20.0 Å². The molecule has 6 atom stereocenters. The number of rotatable bonds is 11. The lowest BCUT2D eigenvalue weighted by molar-refractivity contribution is -0.149. The Bertz CT molecular complexity index is 940. The molecule has 1 aromatic rings. The van der Waals surface area contributed by atoms with E-state index in [1.807, 2.05) is 30.3 Å². The molecule has 184 valence electrons. The van der Waals surface area contributed by atoms with Crippen molar-refractivity contribution in [3.05, 3.63) is 48.6 Å². The molecule has 2 amide bonds. The van der Waals surface area contributed by atoms with E-state index in [1.54, 1.807) is 27.6 Å². The van der Waals surface area contributed by atoms with Crippen molar-refractivity contribution in [2.75, 3.05) is 19.7 Å². The molecule has 3 saturated heterocycles. The highest BCUT2D eigenvalue weighted by molar-refractivity contribution is 8.02. The summed E-state index contributed by atoms with van der Waals surface area (Å²) < 4.78 is -0.727. The fourth-order valence-corrected chi connectivity index (χ4v) is 8.67. The lowest BCUT2D eigenvalue weighted by Gasteiger charge is -2.40. The van der Waals surface area contributed by atoms with Gasteiger partial charge in [-0.2, -0.15) is 0 Å². The van der Waals surface area contributed by atoms with E-state index in [2.05, 4.69) is 13.5 Å². The van der Waals surface area contributed by atoms with Crippen molar-refractivity contribution in [2.45, 2.75) is 55.2 Å². The maximum atomic E-state index is 14.2. The Balaban J connectivity index is 1.70. The quantitative estimate of drug-likeness (QED) is 0.369. The summed E-state index contributed by atoms with van der Waals surface area (Å²) in [4.78, 5) is 43.6. The number of carbonyl (C=O) groups excluding carboxylic acids is 2. The van der Waals surface area contributed by atoms with Crippen LogP contribution in [0.25, 0.3) is 0 Å². The van der Waals surface area contributed by atoms with Crippen LogP contribution in [0.5, 0.6) is 0 Å². The number of aliphatic hydroxyl groups is 1. The predicted octanol–water partition coefficient (Wildman–Crippen LogP) is 2.79. The van der Waals surface area contributed by atoms with Crippen LogP contribution in [0.4, 0.5) is 0 Å². The molecule has 34 heavy (non-hydrogen) atoms. The maximum absolute atomic E-state index is 14.2. The van der Waals surface area contributed by atoms with Gasteiger partial charge in [-0.1, -0.05) is 43.3 Å². The first-order valence-corrected chi connectivity index (χ1v) is 13.0. The van der Waals surface area contributed by atoms with E-state index < -0.39 is 28.6 Å². The number of hydrogen-bond donors (Lipinski definition) is 2. The van der Waals surface area contributed by atoms with Gasteiger partial charge in [0, 0.05) is 31.5 Å². The Morgan fingerprint density at radius 2 is 2.00 bits per heavy atom. The highest BCUT2D eigenvalue weighted by Crippen LogP contribution is 2.68. The Hall–Kier alpha value is -2.32. The zero-order valence-corrected chi connectivity index (χ0v) is 20.5. The number of unbranched alkanes of at least 4 members (excludes halogenated alkanes) is 2. The molecular formula is C26H34N2O5S. The molecule has 7 nitrogen and oxygen atoms in total. The number of aliphatic hydroxyl groups excluding tert-OH is 1. The molecule has 3 fully saturated rings. The third-order valence-electron chi connectivity index (χ3n) is 7.70. The number of nitrogens with zero attached hydrogens (tertiary/aromatic N) is 2. The summed E-state index contributed by atoms with van der Waals surface area (Å²) in [5.74, 6) is -2.65. The molecule has 3 heterocycles. The molecule has 0 saturated carbocycles. The van der Waals surface area contributed by atoms with E-state index in [9.17, 15) is 19.5 Å². The average molecular weight is 487 g/mol. The largest absolute Gasteiger partial charge is 0.481 e. The second-order valence-corrected chi connectivity index (χ2v) is 11.2. The first kappa shape index (κ1) is 24.8. The zero-order valence-electron chi connectivity index (χ0n) is 19.6. The van der Waals surface area contributed by atoms with Crippen molar-refractivity contribution >= 4 is 29.5 Å². The number of aliphatic carboxylic acids is 1. The second-order valence-electron chi connectivity index (χ2n) is 9.70. The van der Waals surface area contributed by atoms with E-state index in [-0.39, 0.29) is 29.6 Å². The van der Waals surface area contributed by atoms with E-state index in [1.165, 1.54) is 0 Å². The minimum Gasteiger partial charge on any atom is -0.481 e. The Morgan fingerprint density at radius 1 is 1.26 bits per heavy atom. The van der Waals surface area contributed by atoms with Gasteiger partial charge in [0.1, 0.15) is 6.04 Å². The standard InChI is InChI=1S/C26H34N2O5S/c1-3-12-27(16-18-10-6-4-7-11-18)24(31)22-26-17(2)15-19(34-26)20(25(32)33)21(26)23(30)28(22)13-8-5-9-14-29/h3-4,6-7,10-11,17,19-22,29H,1,5,8-9,12-16H2,2H3,(H,32,33)/t17?,19-,20+,21-,22?,26?/m0/s1. The molecule has 2 bridgehead atoms. The number of thioether (sulfide) groups is 1. The summed E-state index contributed by atoms with van der Waals surface area (Å²) in [5, 5.41) is 19.0. The SMILES string of the molecule is C=CCN(Cc1ccccc1)C(=O)C1N(CCCCCO)C(=O)[C@@H]2[C@H](C(=O)O)[C@@H]3CC(C)C12S3. The molecule has 0 radical (unpaired) electrons. The van der Waals surface area contributed by atoms with Crippen LogP contribution in [0.1, 0.15) is 38.2 Å². The molecule has 3 unspecified atom stereocenters. The first-order valence-electron chi connectivity index (χ1n) is 12.1. The Morgan fingerprint density at radius 3 is 2.65 bits per heavy atom. The third-order valence-corrected chi connectivity index (χ3v) is 9.78. The van der Waals surface area contributed by atoms with Crippen LogP contribution >= 0.6 is 11.8 Å². The Labute approximate surface area is 205 Å². The van der Waals surface area contributed by atoms with Crippen LogP contribution in [0.2, 0.25) is 0 Å². The van der Waals surface area contributed by atoms with Gasteiger partial charge in [-0.25, -0.2) is 0 Å². The van der Waals surface area contributed by atoms with Crippen LogP contribution in [-0.4, -0.2) is 73.5 Å². The minimum atomic E-state index is -0.940. The van der Waals surface area contributed by atoms with Crippen molar-refractivity contribution in [1.29, 1.82) is 0 Å². The number of carbonyl (C=O) groups is 3. The number of benzene rings is 1. The lowest BCUT2D eigenvalue weighted by Crippen LogP contribution is -2.57. The molecule has 0 aromatic heterocycles. The molecule has 1 aromatic carbocycles. The van der Waals surface area contributed by atoms with Gasteiger partial charge in [-0.3, -0.25) is 14.4 Å². The van der Waals surface area contributed by atoms with E-state index in [4.69, 9.17) is 5.11 Å². The molecule has 2 N–H and O–H groups in total. The summed E-state index contributed by atoms with van der Waals surface area (Å²) >= 11 is 1.57. The van der Waals surface area contributed by atoms with Crippen LogP contribution in [0, 0.1) is 17.8 Å².